The highest BCUT2D eigenvalue weighted by Gasteiger charge is 2.26. The topological polar surface area (TPSA) is 87.6 Å². The highest BCUT2D eigenvalue weighted by Crippen LogP contribution is 2.38. The van der Waals surface area contributed by atoms with E-state index in [0.29, 0.717) is 17.1 Å². The van der Waals surface area contributed by atoms with Gasteiger partial charge in [0.1, 0.15) is 0 Å². The first kappa shape index (κ1) is 15.2. The Bertz CT molecular complexity index is 462. The fraction of sp³-hybridized carbons (Fsp3) is 0.538. The molecule has 0 aliphatic rings. The van der Waals surface area contributed by atoms with Gasteiger partial charge in [0.25, 0.3) is 5.69 Å². The van der Waals surface area contributed by atoms with Crippen LogP contribution >= 0.6 is 0 Å². The van der Waals surface area contributed by atoms with Gasteiger partial charge >= 0.3 is 0 Å². The summed E-state index contributed by atoms with van der Waals surface area (Å²) in [6.45, 7) is 3.83. The summed E-state index contributed by atoms with van der Waals surface area (Å²) >= 11 is 0. The number of ether oxygens (including phenoxy) is 2. The molecule has 106 valence electrons. The molecule has 0 fully saturated rings. The molecule has 0 spiro atoms. The molecule has 6 heteroatoms. The van der Waals surface area contributed by atoms with Gasteiger partial charge in [-0.25, -0.2) is 0 Å². The van der Waals surface area contributed by atoms with Crippen molar-refractivity contribution in [3.8, 4) is 11.5 Å². The second-order valence-corrected chi connectivity index (χ2v) is 4.38. The number of benzene rings is 1. The van der Waals surface area contributed by atoms with Crippen molar-refractivity contribution in [3.63, 3.8) is 0 Å². The van der Waals surface area contributed by atoms with E-state index in [4.69, 9.17) is 15.2 Å². The normalized spacial score (nSPS) is 13.7. The Morgan fingerprint density at radius 1 is 1.32 bits per heavy atom. The lowest BCUT2D eigenvalue weighted by atomic mass is 9.90. The molecule has 1 aromatic rings. The molecular weight excluding hydrogens is 248 g/mol. The number of hydrogen-bond donors (Lipinski definition) is 1. The Balaban J connectivity index is 3.39. The molecule has 2 unspecified atom stereocenters. The molecule has 0 bridgehead atoms. The summed E-state index contributed by atoms with van der Waals surface area (Å²) in [5.41, 5.74) is 6.56. The van der Waals surface area contributed by atoms with E-state index in [2.05, 4.69) is 0 Å². The van der Waals surface area contributed by atoms with Crippen LogP contribution in [0.1, 0.15) is 31.7 Å². The van der Waals surface area contributed by atoms with Crippen LogP contribution in [0.25, 0.3) is 0 Å². The van der Waals surface area contributed by atoms with Gasteiger partial charge in [0.15, 0.2) is 11.5 Å². The lowest BCUT2D eigenvalue weighted by Gasteiger charge is -2.20. The van der Waals surface area contributed by atoms with Gasteiger partial charge in [-0.1, -0.05) is 13.8 Å². The smallest absolute Gasteiger partial charge is 0.276 e. The molecule has 0 saturated carbocycles. The quantitative estimate of drug-likeness (QED) is 0.632. The summed E-state index contributed by atoms with van der Waals surface area (Å²) in [5, 5.41) is 11.2. The standard InChI is InChI=1S/C13H20N2O4/c1-5-10(14)8(2)9-6-12(18-3)13(19-4)7-11(9)15(16)17/h6-8,10H,5,14H2,1-4H3. The molecule has 2 atom stereocenters. The van der Waals surface area contributed by atoms with E-state index in [1.54, 1.807) is 6.07 Å². The molecular formula is C13H20N2O4. The molecule has 6 nitrogen and oxygen atoms in total. The van der Waals surface area contributed by atoms with Crippen LogP contribution in [0.3, 0.4) is 0 Å². The molecule has 0 radical (unpaired) electrons. The van der Waals surface area contributed by atoms with Crippen molar-refractivity contribution in [1.29, 1.82) is 0 Å². The first-order valence-electron chi connectivity index (χ1n) is 6.12. The average Bonchev–Trinajstić information content (AvgIpc) is 2.43. The van der Waals surface area contributed by atoms with Crippen molar-refractivity contribution in [3.05, 3.63) is 27.8 Å². The van der Waals surface area contributed by atoms with Crippen LogP contribution in [0.4, 0.5) is 5.69 Å². The molecule has 1 aromatic carbocycles. The van der Waals surface area contributed by atoms with Crippen LogP contribution in [-0.4, -0.2) is 25.2 Å². The van der Waals surface area contributed by atoms with Gasteiger partial charge in [0, 0.05) is 17.5 Å². The van der Waals surface area contributed by atoms with Crippen molar-refractivity contribution in [1.82, 2.24) is 0 Å². The molecule has 0 aliphatic heterocycles. The molecule has 0 aromatic heterocycles. The van der Waals surface area contributed by atoms with Crippen LogP contribution in [0.5, 0.6) is 11.5 Å². The second kappa shape index (κ2) is 6.38. The summed E-state index contributed by atoms with van der Waals surface area (Å²) < 4.78 is 10.3. The van der Waals surface area contributed by atoms with Gasteiger partial charge in [0.05, 0.1) is 25.2 Å². The van der Waals surface area contributed by atoms with E-state index in [1.165, 1.54) is 20.3 Å². The number of methoxy groups -OCH3 is 2. The summed E-state index contributed by atoms with van der Waals surface area (Å²) in [6, 6.07) is 2.88. The van der Waals surface area contributed by atoms with Gasteiger partial charge in [-0.05, 0) is 12.5 Å². The lowest BCUT2D eigenvalue weighted by molar-refractivity contribution is -0.385. The summed E-state index contributed by atoms with van der Waals surface area (Å²) in [5.74, 6) is 0.679. The minimum Gasteiger partial charge on any atom is -0.493 e. The third kappa shape index (κ3) is 3.14. The molecule has 0 aliphatic carbocycles. The van der Waals surface area contributed by atoms with Crippen molar-refractivity contribution < 1.29 is 14.4 Å². The number of nitrogens with two attached hydrogens (primary N) is 1. The van der Waals surface area contributed by atoms with Crippen molar-refractivity contribution in [2.45, 2.75) is 32.2 Å². The first-order chi connectivity index (χ1) is 8.96. The maximum Gasteiger partial charge on any atom is 0.276 e. The first-order valence-corrected chi connectivity index (χ1v) is 6.12. The summed E-state index contributed by atoms with van der Waals surface area (Å²) in [7, 11) is 2.94. The zero-order chi connectivity index (χ0) is 14.6. The Labute approximate surface area is 112 Å². The molecule has 19 heavy (non-hydrogen) atoms. The third-order valence-corrected chi connectivity index (χ3v) is 3.33. The van der Waals surface area contributed by atoms with Gasteiger partial charge in [-0.3, -0.25) is 10.1 Å². The van der Waals surface area contributed by atoms with Gasteiger partial charge < -0.3 is 15.2 Å². The van der Waals surface area contributed by atoms with Crippen LogP contribution in [0, 0.1) is 10.1 Å². The van der Waals surface area contributed by atoms with Gasteiger partial charge in [-0.15, -0.1) is 0 Å². The van der Waals surface area contributed by atoms with E-state index in [9.17, 15) is 10.1 Å². The SMILES string of the molecule is CCC(N)C(C)c1cc(OC)c(OC)cc1[N+](=O)[O-]. The Morgan fingerprint density at radius 3 is 2.26 bits per heavy atom. The highest BCUT2D eigenvalue weighted by molar-refractivity contribution is 5.55. The van der Waals surface area contributed by atoms with Gasteiger partial charge in [0.2, 0.25) is 0 Å². The van der Waals surface area contributed by atoms with E-state index in [0.717, 1.165) is 6.42 Å². The van der Waals surface area contributed by atoms with Crippen molar-refractivity contribution in [2.24, 2.45) is 5.73 Å². The van der Waals surface area contributed by atoms with Gasteiger partial charge in [-0.2, -0.15) is 0 Å². The molecule has 0 heterocycles. The van der Waals surface area contributed by atoms with Crippen LogP contribution < -0.4 is 15.2 Å². The lowest BCUT2D eigenvalue weighted by Crippen LogP contribution is -2.26. The molecule has 0 amide bonds. The number of nitro benzene ring substituents is 1. The predicted molar refractivity (Wildman–Crippen MR) is 72.9 cm³/mol. The van der Waals surface area contributed by atoms with E-state index < -0.39 is 4.92 Å². The Morgan fingerprint density at radius 2 is 1.84 bits per heavy atom. The number of rotatable bonds is 6. The van der Waals surface area contributed by atoms with Crippen LogP contribution in [0.15, 0.2) is 12.1 Å². The molecule has 1 rings (SSSR count). The monoisotopic (exact) mass is 268 g/mol. The van der Waals surface area contributed by atoms with E-state index in [1.807, 2.05) is 13.8 Å². The maximum absolute atomic E-state index is 11.2. The maximum atomic E-state index is 11.2. The summed E-state index contributed by atoms with van der Waals surface area (Å²) in [4.78, 5) is 10.8. The minimum absolute atomic E-state index is 0.00838. The molecule has 2 N–H and O–H groups in total. The fourth-order valence-electron chi connectivity index (χ4n) is 1.99. The third-order valence-electron chi connectivity index (χ3n) is 3.33. The second-order valence-electron chi connectivity index (χ2n) is 4.38. The Kier molecular flexibility index (Phi) is 5.11. The van der Waals surface area contributed by atoms with Crippen molar-refractivity contribution in [2.75, 3.05) is 14.2 Å². The minimum atomic E-state index is -0.420. The number of nitrogens with zero attached hydrogens (tertiary/aromatic N) is 1. The summed E-state index contributed by atoms with van der Waals surface area (Å²) in [6.07, 6.45) is 0.743. The largest absolute Gasteiger partial charge is 0.493 e. The molecule has 0 saturated heterocycles. The fourth-order valence-corrected chi connectivity index (χ4v) is 1.99. The van der Waals surface area contributed by atoms with Crippen LogP contribution in [0.2, 0.25) is 0 Å². The van der Waals surface area contributed by atoms with Crippen LogP contribution in [-0.2, 0) is 0 Å². The predicted octanol–water partition coefficient (Wildman–Crippen LogP) is 2.45. The number of nitro groups is 1. The zero-order valence-electron chi connectivity index (χ0n) is 11.7. The average molecular weight is 268 g/mol. The van der Waals surface area contributed by atoms with E-state index >= 15 is 0 Å². The van der Waals surface area contributed by atoms with Crippen molar-refractivity contribution >= 4 is 5.69 Å². The number of hydrogen-bond acceptors (Lipinski definition) is 5. The van der Waals surface area contributed by atoms with E-state index in [-0.39, 0.29) is 17.6 Å². The highest BCUT2D eigenvalue weighted by atomic mass is 16.6. The Hall–Kier alpha value is -1.82. The zero-order valence-corrected chi connectivity index (χ0v) is 11.7.